The normalized spacial score (nSPS) is 23.5. The van der Waals surface area contributed by atoms with Gasteiger partial charge in [0.2, 0.25) is 0 Å². The third kappa shape index (κ3) is 2.25. The number of quaternary nitrogens is 1. The van der Waals surface area contributed by atoms with Gasteiger partial charge in [-0.1, -0.05) is 36.4 Å². The monoisotopic (exact) mass is 214 g/mol. The van der Waals surface area contributed by atoms with Crippen molar-refractivity contribution in [2.45, 2.75) is 31.3 Å². The average molecular weight is 214 g/mol. The lowest BCUT2D eigenvalue weighted by atomic mass is 9.88. The molecule has 0 amide bonds. The lowest BCUT2D eigenvalue weighted by Gasteiger charge is -2.29. The summed E-state index contributed by atoms with van der Waals surface area (Å²) in [6.07, 6.45) is 7.34. The molecule has 0 bridgehead atoms. The summed E-state index contributed by atoms with van der Waals surface area (Å²) >= 11 is 0. The maximum absolute atomic E-state index is 3.86. The van der Waals surface area contributed by atoms with E-state index in [1.807, 2.05) is 12.2 Å². The minimum atomic E-state index is 0.549. The Bertz CT molecular complexity index is 381. The highest BCUT2D eigenvalue weighted by molar-refractivity contribution is 5.31. The van der Waals surface area contributed by atoms with Crippen molar-refractivity contribution in [3.05, 3.63) is 60.7 Å². The molecule has 16 heavy (non-hydrogen) atoms. The lowest BCUT2D eigenvalue weighted by Crippen LogP contribution is -2.92. The molecule has 0 saturated carbocycles. The van der Waals surface area contributed by atoms with Gasteiger partial charge in [0.15, 0.2) is 0 Å². The van der Waals surface area contributed by atoms with Crippen molar-refractivity contribution in [1.29, 1.82) is 0 Å². The van der Waals surface area contributed by atoms with E-state index < -0.39 is 0 Å². The molecule has 0 unspecified atom stereocenters. The predicted molar refractivity (Wildman–Crippen MR) is 68.2 cm³/mol. The topological polar surface area (TPSA) is 16.6 Å². The molecule has 0 aliphatic carbocycles. The van der Waals surface area contributed by atoms with Crippen molar-refractivity contribution in [3.63, 3.8) is 0 Å². The SMILES string of the molecule is C=CC[C@@H]1Cc2ccccc2[C@@H](CC=C)[NH2+]1. The molecular weight excluding hydrogens is 194 g/mol. The number of fused-ring (bicyclic) bond motifs is 1. The molecule has 2 N–H and O–H groups in total. The summed E-state index contributed by atoms with van der Waals surface area (Å²) in [7, 11) is 0. The van der Waals surface area contributed by atoms with Crippen molar-refractivity contribution in [2.24, 2.45) is 0 Å². The minimum absolute atomic E-state index is 0.549. The predicted octanol–water partition coefficient (Wildman–Crippen LogP) is 2.37. The van der Waals surface area contributed by atoms with Crippen LogP contribution in [0.5, 0.6) is 0 Å². The van der Waals surface area contributed by atoms with Gasteiger partial charge in [-0.2, -0.15) is 0 Å². The van der Waals surface area contributed by atoms with Crippen molar-refractivity contribution in [1.82, 2.24) is 0 Å². The van der Waals surface area contributed by atoms with Crippen LogP contribution >= 0.6 is 0 Å². The molecule has 1 aromatic carbocycles. The second-order valence-electron chi connectivity index (χ2n) is 4.51. The van der Waals surface area contributed by atoms with Crippen LogP contribution in [0.3, 0.4) is 0 Å². The van der Waals surface area contributed by atoms with Crippen molar-refractivity contribution < 1.29 is 5.32 Å². The zero-order chi connectivity index (χ0) is 11.4. The van der Waals surface area contributed by atoms with E-state index in [-0.39, 0.29) is 0 Å². The minimum Gasteiger partial charge on any atom is -0.337 e. The van der Waals surface area contributed by atoms with Crippen LogP contribution in [0.25, 0.3) is 0 Å². The third-order valence-electron chi connectivity index (χ3n) is 3.33. The van der Waals surface area contributed by atoms with Crippen molar-refractivity contribution >= 4 is 0 Å². The number of hydrogen-bond donors (Lipinski definition) is 1. The number of nitrogens with two attached hydrogens (primary N) is 1. The average Bonchev–Trinajstić information content (AvgIpc) is 2.30. The summed E-state index contributed by atoms with van der Waals surface area (Å²) in [6.45, 7) is 7.70. The highest BCUT2D eigenvalue weighted by Crippen LogP contribution is 2.23. The van der Waals surface area contributed by atoms with Crippen LogP contribution in [-0.4, -0.2) is 6.04 Å². The summed E-state index contributed by atoms with van der Waals surface area (Å²) in [4.78, 5) is 0. The van der Waals surface area contributed by atoms with Gasteiger partial charge >= 0.3 is 0 Å². The smallest absolute Gasteiger partial charge is 0.115 e. The van der Waals surface area contributed by atoms with Gasteiger partial charge in [-0.05, 0) is 5.56 Å². The first kappa shape index (κ1) is 11.2. The molecule has 0 spiro atoms. The zero-order valence-corrected chi connectivity index (χ0v) is 9.73. The third-order valence-corrected chi connectivity index (χ3v) is 3.33. The molecule has 0 fully saturated rings. The Labute approximate surface area is 97.9 Å². The van der Waals surface area contributed by atoms with E-state index >= 15 is 0 Å². The van der Waals surface area contributed by atoms with Crippen LogP contribution in [0.15, 0.2) is 49.6 Å². The van der Waals surface area contributed by atoms with E-state index in [2.05, 4.69) is 42.7 Å². The molecule has 1 nitrogen and oxygen atoms in total. The Balaban J connectivity index is 2.25. The molecule has 0 aromatic heterocycles. The van der Waals surface area contributed by atoms with E-state index in [1.54, 1.807) is 0 Å². The molecule has 1 aromatic rings. The summed E-state index contributed by atoms with van der Waals surface area (Å²) in [5.74, 6) is 0. The second-order valence-corrected chi connectivity index (χ2v) is 4.51. The van der Waals surface area contributed by atoms with E-state index in [9.17, 15) is 0 Å². The maximum Gasteiger partial charge on any atom is 0.115 e. The van der Waals surface area contributed by atoms with Crippen LogP contribution in [0.2, 0.25) is 0 Å². The summed E-state index contributed by atoms with van der Waals surface area (Å²) < 4.78 is 0. The molecule has 1 heteroatoms. The van der Waals surface area contributed by atoms with Crippen molar-refractivity contribution in [3.8, 4) is 0 Å². The first-order valence-electron chi connectivity index (χ1n) is 5.99. The molecular formula is C15H20N+. The highest BCUT2D eigenvalue weighted by Gasteiger charge is 2.27. The van der Waals surface area contributed by atoms with Gasteiger partial charge in [0.25, 0.3) is 0 Å². The van der Waals surface area contributed by atoms with Gasteiger partial charge < -0.3 is 5.32 Å². The molecule has 0 saturated heterocycles. The van der Waals surface area contributed by atoms with Crippen LogP contribution in [0, 0.1) is 0 Å². The van der Waals surface area contributed by atoms with Crippen LogP contribution in [0.1, 0.15) is 30.0 Å². The Morgan fingerprint density at radius 2 is 1.94 bits per heavy atom. The van der Waals surface area contributed by atoms with Gasteiger partial charge in [-0.25, -0.2) is 0 Å². The fourth-order valence-electron chi connectivity index (χ4n) is 2.63. The Morgan fingerprint density at radius 1 is 1.19 bits per heavy atom. The summed E-state index contributed by atoms with van der Waals surface area (Å²) in [5.41, 5.74) is 2.99. The van der Waals surface area contributed by atoms with Gasteiger partial charge in [-0.15, -0.1) is 13.2 Å². The van der Waals surface area contributed by atoms with Crippen LogP contribution < -0.4 is 5.32 Å². The Kier molecular flexibility index (Phi) is 3.58. The maximum atomic E-state index is 3.86. The number of benzene rings is 1. The van der Waals surface area contributed by atoms with E-state index in [4.69, 9.17) is 0 Å². The molecule has 0 radical (unpaired) electrons. The zero-order valence-electron chi connectivity index (χ0n) is 9.73. The van der Waals surface area contributed by atoms with Crippen LogP contribution in [0.4, 0.5) is 0 Å². The quantitative estimate of drug-likeness (QED) is 0.741. The van der Waals surface area contributed by atoms with E-state index in [0.717, 1.165) is 19.3 Å². The molecule has 84 valence electrons. The fraction of sp³-hybridized carbons (Fsp3) is 0.333. The Hall–Kier alpha value is -1.34. The standard InChI is InChI=1S/C15H19N/c1-3-7-13-11-12-9-5-6-10-14(12)15(16-13)8-4-2/h3-6,9-10,13,15-16H,1-2,7-8,11H2/p+1/t13-,15-/m1/s1. The van der Waals surface area contributed by atoms with Crippen molar-refractivity contribution in [2.75, 3.05) is 0 Å². The fourth-order valence-corrected chi connectivity index (χ4v) is 2.63. The van der Waals surface area contributed by atoms with Crippen LogP contribution in [-0.2, 0) is 6.42 Å². The van der Waals surface area contributed by atoms with Gasteiger partial charge in [0.1, 0.15) is 6.04 Å². The molecule has 2 atom stereocenters. The molecule has 1 aliphatic rings. The van der Waals surface area contributed by atoms with E-state index in [0.29, 0.717) is 12.1 Å². The Morgan fingerprint density at radius 3 is 2.69 bits per heavy atom. The number of hydrogen-bond acceptors (Lipinski definition) is 0. The molecule has 2 rings (SSSR count). The first-order valence-corrected chi connectivity index (χ1v) is 5.99. The van der Waals surface area contributed by atoms with Gasteiger partial charge in [-0.3, -0.25) is 0 Å². The number of rotatable bonds is 4. The van der Waals surface area contributed by atoms with E-state index in [1.165, 1.54) is 11.1 Å². The molecule has 1 aliphatic heterocycles. The lowest BCUT2D eigenvalue weighted by molar-refractivity contribution is -0.730. The van der Waals surface area contributed by atoms with Gasteiger partial charge in [0.05, 0.1) is 6.04 Å². The molecule has 1 heterocycles. The first-order chi connectivity index (χ1) is 7.85. The largest absolute Gasteiger partial charge is 0.337 e. The summed E-state index contributed by atoms with van der Waals surface area (Å²) in [5, 5.41) is 2.48. The van der Waals surface area contributed by atoms with Gasteiger partial charge in [0, 0.05) is 24.8 Å². The second kappa shape index (κ2) is 5.13. The summed E-state index contributed by atoms with van der Waals surface area (Å²) in [6, 6.07) is 9.99. The highest BCUT2D eigenvalue weighted by atomic mass is 15.0.